The number of rotatable bonds is 10. The highest BCUT2D eigenvalue weighted by atomic mass is 35.5. The molecule has 8 heteroatoms. The number of fused-ring (bicyclic) bond motifs is 1. The summed E-state index contributed by atoms with van der Waals surface area (Å²) in [5, 5.41) is 8.03. The van der Waals surface area contributed by atoms with Crippen LogP contribution < -0.4 is 10.6 Å². The van der Waals surface area contributed by atoms with Gasteiger partial charge in [0.15, 0.2) is 0 Å². The molecule has 2 saturated carbocycles. The Morgan fingerprint density at radius 1 is 0.976 bits per heavy atom. The zero-order valence-corrected chi connectivity index (χ0v) is 25.1. The van der Waals surface area contributed by atoms with Gasteiger partial charge in [-0.05, 0) is 86.9 Å². The van der Waals surface area contributed by atoms with Crippen molar-refractivity contribution < 1.29 is 9.13 Å². The first kappa shape index (κ1) is 29.1. The maximum Gasteiger partial charge on any atom is 0.126 e. The molecule has 222 valence electrons. The highest BCUT2D eigenvalue weighted by Gasteiger charge is 2.23. The van der Waals surface area contributed by atoms with Crippen molar-refractivity contribution in [2.24, 2.45) is 0 Å². The average molecular weight is 590 g/mol. The number of ether oxygens (including phenoxy) is 1. The lowest BCUT2D eigenvalue weighted by Gasteiger charge is -2.32. The summed E-state index contributed by atoms with van der Waals surface area (Å²) >= 11 is 6.65. The molecule has 0 amide bonds. The molecule has 6 nitrogen and oxygen atoms in total. The number of aromatic nitrogens is 3. The molecular formula is C34H41ClFN5O. The lowest BCUT2D eigenvalue weighted by atomic mass is 9.91. The van der Waals surface area contributed by atoms with Crippen LogP contribution >= 0.6 is 11.6 Å². The van der Waals surface area contributed by atoms with Gasteiger partial charge in [0.05, 0.1) is 34.6 Å². The summed E-state index contributed by atoms with van der Waals surface area (Å²) in [6, 6.07) is 15.8. The van der Waals surface area contributed by atoms with Gasteiger partial charge in [-0.25, -0.2) is 14.4 Å². The second kappa shape index (κ2) is 13.5. The summed E-state index contributed by atoms with van der Waals surface area (Å²) < 4.78 is 22.1. The maximum atomic E-state index is 13.7. The van der Waals surface area contributed by atoms with E-state index in [1.54, 1.807) is 24.7 Å². The van der Waals surface area contributed by atoms with E-state index in [9.17, 15) is 4.39 Å². The molecule has 2 fully saturated rings. The number of benzene rings is 2. The third kappa shape index (κ3) is 7.31. The van der Waals surface area contributed by atoms with E-state index < -0.39 is 0 Å². The van der Waals surface area contributed by atoms with Gasteiger partial charge in [-0.15, -0.1) is 0 Å². The van der Waals surface area contributed by atoms with Crippen LogP contribution in [-0.4, -0.2) is 45.4 Å². The zero-order valence-electron chi connectivity index (χ0n) is 24.4. The summed E-state index contributed by atoms with van der Waals surface area (Å²) in [6.07, 6.45) is 15.1. The molecule has 1 unspecified atom stereocenters. The van der Waals surface area contributed by atoms with E-state index in [0.717, 1.165) is 65.8 Å². The Bertz CT molecular complexity index is 1480. The van der Waals surface area contributed by atoms with Crippen LogP contribution in [0.1, 0.15) is 70.3 Å². The number of pyridine rings is 1. The summed E-state index contributed by atoms with van der Waals surface area (Å²) in [7, 11) is 0. The molecule has 2 aromatic heterocycles. The van der Waals surface area contributed by atoms with E-state index in [1.807, 2.05) is 28.8 Å². The smallest absolute Gasteiger partial charge is 0.126 e. The monoisotopic (exact) mass is 589 g/mol. The first-order valence-corrected chi connectivity index (χ1v) is 15.9. The van der Waals surface area contributed by atoms with Crippen LogP contribution in [0.25, 0.3) is 22.2 Å². The molecule has 0 spiro atoms. The summed E-state index contributed by atoms with van der Waals surface area (Å²) in [6.45, 7) is 3.67. The van der Waals surface area contributed by atoms with Crippen molar-refractivity contribution in [2.75, 3.05) is 11.9 Å². The molecule has 2 heterocycles. The highest BCUT2D eigenvalue weighted by molar-refractivity contribution is 6.33. The van der Waals surface area contributed by atoms with Gasteiger partial charge in [-0.3, -0.25) is 0 Å². The van der Waals surface area contributed by atoms with Gasteiger partial charge in [0, 0.05) is 36.9 Å². The Morgan fingerprint density at radius 2 is 1.79 bits per heavy atom. The third-order valence-electron chi connectivity index (χ3n) is 8.78. The van der Waals surface area contributed by atoms with E-state index >= 15 is 0 Å². The van der Waals surface area contributed by atoms with Crippen molar-refractivity contribution in [3.05, 3.63) is 77.5 Å². The van der Waals surface area contributed by atoms with E-state index in [-0.39, 0.29) is 11.9 Å². The van der Waals surface area contributed by atoms with Gasteiger partial charge in [0.1, 0.15) is 11.6 Å². The largest absolute Gasteiger partial charge is 0.374 e. The van der Waals surface area contributed by atoms with Crippen molar-refractivity contribution in [3.8, 4) is 11.1 Å². The minimum absolute atomic E-state index is 0.236. The molecule has 2 N–H and O–H groups in total. The minimum atomic E-state index is -0.236. The summed E-state index contributed by atoms with van der Waals surface area (Å²) in [5.74, 6) is 0.605. The minimum Gasteiger partial charge on any atom is -0.374 e. The second-order valence-corrected chi connectivity index (χ2v) is 12.5. The molecule has 2 aliphatic carbocycles. The van der Waals surface area contributed by atoms with Gasteiger partial charge in [0.2, 0.25) is 0 Å². The molecule has 0 radical (unpaired) electrons. The third-order valence-corrected chi connectivity index (χ3v) is 9.08. The topological polar surface area (TPSA) is 64.0 Å². The molecule has 4 aromatic rings. The van der Waals surface area contributed by atoms with E-state index in [1.165, 1.54) is 38.2 Å². The van der Waals surface area contributed by atoms with Crippen LogP contribution in [0, 0.1) is 5.82 Å². The molecule has 2 aliphatic rings. The van der Waals surface area contributed by atoms with Crippen LogP contribution in [-0.2, 0) is 11.3 Å². The number of nitrogens with zero attached hydrogens (tertiary/aromatic N) is 3. The SMILES string of the molecule is CC(CNC1CCC(Nc2cc(-c3ccc4ncn(Cc5cccc(F)c5)c4c3)c(Cl)cn2)CC1)OC1CCCCC1. The summed E-state index contributed by atoms with van der Waals surface area (Å²) in [4.78, 5) is 9.14. The molecular weight excluding hydrogens is 549 g/mol. The first-order chi connectivity index (χ1) is 20.5. The molecule has 1 atom stereocenters. The van der Waals surface area contributed by atoms with Gasteiger partial charge in [-0.1, -0.05) is 49.1 Å². The quantitative estimate of drug-likeness (QED) is 0.196. The van der Waals surface area contributed by atoms with Crippen molar-refractivity contribution in [1.82, 2.24) is 19.9 Å². The number of hydrogen-bond acceptors (Lipinski definition) is 5. The number of anilines is 1. The van der Waals surface area contributed by atoms with E-state index in [4.69, 9.17) is 16.3 Å². The molecule has 0 bridgehead atoms. The lowest BCUT2D eigenvalue weighted by Crippen LogP contribution is -2.41. The van der Waals surface area contributed by atoms with Gasteiger partial charge in [0.25, 0.3) is 0 Å². The number of halogens is 2. The molecule has 0 saturated heterocycles. The van der Waals surface area contributed by atoms with E-state index in [2.05, 4.69) is 33.6 Å². The number of imidazole rings is 1. The van der Waals surface area contributed by atoms with Gasteiger partial charge >= 0.3 is 0 Å². The Labute approximate surface area is 253 Å². The molecule has 6 rings (SSSR count). The second-order valence-electron chi connectivity index (χ2n) is 12.1. The number of nitrogens with one attached hydrogen (secondary N) is 2. The normalized spacial score (nSPS) is 20.5. The Hall–Kier alpha value is -3.00. The van der Waals surface area contributed by atoms with Crippen molar-refractivity contribution >= 4 is 28.5 Å². The van der Waals surface area contributed by atoms with Crippen molar-refractivity contribution in [2.45, 2.75) is 95.5 Å². The molecule has 0 aliphatic heterocycles. The van der Waals surface area contributed by atoms with Crippen LogP contribution in [0.15, 0.2) is 61.1 Å². The first-order valence-electron chi connectivity index (χ1n) is 15.5. The molecule has 42 heavy (non-hydrogen) atoms. The van der Waals surface area contributed by atoms with Crippen molar-refractivity contribution in [1.29, 1.82) is 0 Å². The molecule has 2 aromatic carbocycles. The van der Waals surface area contributed by atoms with Crippen molar-refractivity contribution in [3.63, 3.8) is 0 Å². The standard InChI is InChI=1S/C34H41ClFN5O/c1-23(42-29-8-3-2-4-9-29)19-37-27-11-13-28(14-12-27)40-34-18-30(31(35)20-38-34)25-10-15-32-33(17-25)41(22-39-32)21-24-6-5-7-26(36)16-24/h5-7,10,15-18,20,22-23,27-29,37H,2-4,8-9,11-14,19,21H2,1H3,(H,38,40). The fourth-order valence-electron chi connectivity index (χ4n) is 6.48. The Morgan fingerprint density at radius 3 is 2.60 bits per heavy atom. The lowest BCUT2D eigenvalue weighted by molar-refractivity contribution is -0.0212. The van der Waals surface area contributed by atoms with E-state index in [0.29, 0.717) is 29.8 Å². The zero-order chi connectivity index (χ0) is 28.9. The highest BCUT2D eigenvalue weighted by Crippen LogP contribution is 2.32. The van der Waals surface area contributed by atoms with Crippen LogP contribution in [0.2, 0.25) is 5.02 Å². The van der Waals surface area contributed by atoms with Gasteiger partial charge < -0.3 is 19.9 Å². The van der Waals surface area contributed by atoms with Crippen LogP contribution in [0.3, 0.4) is 0 Å². The fourth-order valence-corrected chi connectivity index (χ4v) is 6.70. The Balaban J connectivity index is 1.06. The average Bonchev–Trinajstić information content (AvgIpc) is 3.40. The summed E-state index contributed by atoms with van der Waals surface area (Å²) in [5.41, 5.74) is 4.68. The Kier molecular flexibility index (Phi) is 9.37. The predicted octanol–water partition coefficient (Wildman–Crippen LogP) is 7.99. The van der Waals surface area contributed by atoms with Crippen LogP contribution in [0.4, 0.5) is 10.2 Å². The fraction of sp³-hybridized carbons (Fsp3) is 0.471. The maximum absolute atomic E-state index is 13.7. The van der Waals surface area contributed by atoms with Crippen LogP contribution in [0.5, 0.6) is 0 Å². The predicted molar refractivity (Wildman–Crippen MR) is 169 cm³/mol. The number of hydrogen-bond donors (Lipinski definition) is 2. The van der Waals surface area contributed by atoms with Gasteiger partial charge in [-0.2, -0.15) is 0 Å².